The second kappa shape index (κ2) is 4.26. The maximum absolute atomic E-state index is 12.9. The number of nitrogens with zero attached hydrogens (tertiary/aromatic N) is 2. The molecule has 0 bridgehead atoms. The Labute approximate surface area is 101 Å². The van der Waals surface area contributed by atoms with Gasteiger partial charge in [-0.3, -0.25) is 0 Å². The van der Waals surface area contributed by atoms with Gasteiger partial charge in [-0.25, -0.2) is 9.37 Å². The highest BCUT2D eigenvalue weighted by molar-refractivity contribution is 5.42. The van der Waals surface area contributed by atoms with Gasteiger partial charge in [-0.2, -0.15) is 0 Å². The Morgan fingerprint density at radius 3 is 3.06 bits per heavy atom. The Balaban J connectivity index is 1.85. The van der Waals surface area contributed by atoms with Crippen LogP contribution in [-0.2, 0) is 0 Å². The minimum Gasteiger partial charge on any atom is -0.353 e. The van der Waals surface area contributed by atoms with Crippen LogP contribution in [0.3, 0.4) is 0 Å². The van der Waals surface area contributed by atoms with E-state index in [1.165, 1.54) is 12.3 Å². The molecule has 0 spiro atoms. The van der Waals surface area contributed by atoms with Crippen molar-refractivity contribution in [2.24, 2.45) is 11.8 Å². The highest BCUT2D eigenvalue weighted by Crippen LogP contribution is 2.36. The molecule has 0 radical (unpaired) electrons. The van der Waals surface area contributed by atoms with Gasteiger partial charge in [0.2, 0.25) is 0 Å². The fourth-order valence-corrected chi connectivity index (χ4v) is 3.35. The standard InChI is InChI=1S/C13H18FN3/c1-2-12-11-7-15-5-9(11)8-17(12)13-4-3-10(14)6-16-13/h3-4,6,9,11-12,15H,2,5,7-8H2,1H3. The first-order valence-corrected chi connectivity index (χ1v) is 6.38. The lowest BCUT2D eigenvalue weighted by molar-refractivity contribution is 0.441. The van der Waals surface area contributed by atoms with Crippen molar-refractivity contribution >= 4 is 5.82 Å². The number of hydrogen-bond acceptors (Lipinski definition) is 3. The predicted octanol–water partition coefficient (Wildman–Crippen LogP) is 1.65. The minimum absolute atomic E-state index is 0.261. The predicted molar refractivity (Wildman–Crippen MR) is 65.5 cm³/mol. The van der Waals surface area contributed by atoms with Gasteiger partial charge < -0.3 is 10.2 Å². The van der Waals surface area contributed by atoms with Crippen LogP contribution >= 0.6 is 0 Å². The first-order chi connectivity index (χ1) is 8.29. The van der Waals surface area contributed by atoms with Gasteiger partial charge in [-0.15, -0.1) is 0 Å². The van der Waals surface area contributed by atoms with Crippen molar-refractivity contribution in [2.75, 3.05) is 24.5 Å². The van der Waals surface area contributed by atoms with Crippen LogP contribution in [0.25, 0.3) is 0 Å². The summed E-state index contributed by atoms with van der Waals surface area (Å²) in [7, 11) is 0. The topological polar surface area (TPSA) is 28.2 Å². The lowest BCUT2D eigenvalue weighted by atomic mass is 9.93. The molecule has 2 fully saturated rings. The molecular formula is C13H18FN3. The number of halogens is 1. The van der Waals surface area contributed by atoms with Gasteiger partial charge in [0.25, 0.3) is 0 Å². The number of aromatic nitrogens is 1. The molecule has 1 aromatic heterocycles. The minimum atomic E-state index is -0.261. The normalized spacial score (nSPS) is 31.9. The fourth-order valence-electron chi connectivity index (χ4n) is 3.35. The Morgan fingerprint density at radius 2 is 2.35 bits per heavy atom. The number of anilines is 1. The monoisotopic (exact) mass is 235 g/mol. The van der Waals surface area contributed by atoms with E-state index in [1.54, 1.807) is 6.07 Å². The summed E-state index contributed by atoms with van der Waals surface area (Å²) in [5, 5.41) is 3.46. The maximum Gasteiger partial charge on any atom is 0.141 e. The highest BCUT2D eigenvalue weighted by atomic mass is 19.1. The van der Waals surface area contributed by atoms with Gasteiger partial charge in [0.05, 0.1) is 6.20 Å². The molecule has 3 atom stereocenters. The lowest BCUT2D eigenvalue weighted by Crippen LogP contribution is -2.35. The number of rotatable bonds is 2. The molecule has 4 heteroatoms. The first kappa shape index (κ1) is 11.0. The van der Waals surface area contributed by atoms with Crippen LogP contribution in [0, 0.1) is 17.7 Å². The van der Waals surface area contributed by atoms with Crippen molar-refractivity contribution in [3.63, 3.8) is 0 Å². The molecule has 0 amide bonds. The maximum atomic E-state index is 12.9. The third kappa shape index (κ3) is 1.80. The quantitative estimate of drug-likeness (QED) is 0.845. The van der Waals surface area contributed by atoms with Crippen LogP contribution in [0.5, 0.6) is 0 Å². The average molecular weight is 235 g/mol. The Bertz CT molecular complexity index is 392. The third-order valence-corrected chi connectivity index (χ3v) is 4.14. The zero-order chi connectivity index (χ0) is 11.8. The number of pyridine rings is 1. The van der Waals surface area contributed by atoms with Gasteiger partial charge >= 0.3 is 0 Å². The molecule has 92 valence electrons. The van der Waals surface area contributed by atoms with Crippen LogP contribution in [0.1, 0.15) is 13.3 Å². The fraction of sp³-hybridized carbons (Fsp3) is 0.615. The number of fused-ring (bicyclic) bond motifs is 1. The first-order valence-electron chi connectivity index (χ1n) is 6.38. The van der Waals surface area contributed by atoms with Crippen molar-refractivity contribution < 1.29 is 4.39 Å². The van der Waals surface area contributed by atoms with Crippen molar-refractivity contribution in [3.8, 4) is 0 Å². The van der Waals surface area contributed by atoms with Gasteiger partial charge in [-0.1, -0.05) is 6.92 Å². The smallest absolute Gasteiger partial charge is 0.141 e. The zero-order valence-electron chi connectivity index (χ0n) is 10.1. The summed E-state index contributed by atoms with van der Waals surface area (Å²) >= 11 is 0. The zero-order valence-corrected chi connectivity index (χ0v) is 10.1. The molecule has 3 unspecified atom stereocenters. The Hall–Kier alpha value is -1.16. The molecule has 2 saturated heterocycles. The largest absolute Gasteiger partial charge is 0.353 e. The van der Waals surface area contributed by atoms with E-state index in [0.29, 0.717) is 6.04 Å². The van der Waals surface area contributed by atoms with Crippen LogP contribution < -0.4 is 10.2 Å². The van der Waals surface area contributed by atoms with E-state index in [1.807, 2.05) is 0 Å². The number of hydrogen-bond donors (Lipinski definition) is 1. The summed E-state index contributed by atoms with van der Waals surface area (Å²) in [6.07, 6.45) is 2.44. The molecule has 0 aliphatic carbocycles. The number of nitrogens with one attached hydrogen (secondary N) is 1. The molecule has 1 aromatic rings. The van der Waals surface area contributed by atoms with E-state index < -0.39 is 0 Å². The lowest BCUT2D eigenvalue weighted by Gasteiger charge is -2.27. The highest BCUT2D eigenvalue weighted by Gasteiger charge is 2.43. The van der Waals surface area contributed by atoms with E-state index in [4.69, 9.17) is 0 Å². The van der Waals surface area contributed by atoms with Gasteiger partial charge in [-0.05, 0) is 30.4 Å². The molecule has 0 aromatic carbocycles. The molecular weight excluding hydrogens is 217 g/mol. The molecule has 1 N–H and O–H groups in total. The second-order valence-electron chi connectivity index (χ2n) is 5.04. The summed E-state index contributed by atoms with van der Waals surface area (Å²) in [5.41, 5.74) is 0. The van der Waals surface area contributed by atoms with Crippen molar-refractivity contribution in [1.82, 2.24) is 10.3 Å². The van der Waals surface area contributed by atoms with Crippen molar-refractivity contribution in [1.29, 1.82) is 0 Å². The molecule has 2 aliphatic heterocycles. The van der Waals surface area contributed by atoms with Gasteiger partial charge in [0.1, 0.15) is 11.6 Å². The molecule has 2 aliphatic rings. The third-order valence-electron chi connectivity index (χ3n) is 4.14. The van der Waals surface area contributed by atoms with Crippen LogP contribution in [-0.4, -0.2) is 30.7 Å². The average Bonchev–Trinajstić information content (AvgIpc) is 2.89. The van der Waals surface area contributed by atoms with Gasteiger partial charge in [0, 0.05) is 25.7 Å². The van der Waals surface area contributed by atoms with Crippen molar-refractivity contribution in [2.45, 2.75) is 19.4 Å². The summed E-state index contributed by atoms with van der Waals surface area (Å²) in [6.45, 7) is 5.50. The molecule has 17 heavy (non-hydrogen) atoms. The Morgan fingerprint density at radius 1 is 1.47 bits per heavy atom. The van der Waals surface area contributed by atoms with Gasteiger partial charge in [0.15, 0.2) is 0 Å². The van der Waals surface area contributed by atoms with E-state index in [9.17, 15) is 4.39 Å². The second-order valence-corrected chi connectivity index (χ2v) is 5.04. The molecule has 3 heterocycles. The molecule has 0 saturated carbocycles. The van der Waals surface area contributed by atoms with Crippen LogP contribution in [0.4, 0.5) is 10.2 Å². The van der Waals surface area contributed by atoms with E-state index in [0.717, 1.165) is 43.7 Å². The summed E-state index contributed by atoms with van der Waals surface area (Å²) < 4.78 is 12.9. The van der Waals surface area contributed by atoms with Crippen LogP contribution in [0.2, 0.25) is 0 Å². The summed E-state index contributed by atoms with van der Waals surface area (Å²) in [4.78, 5) is 6.57. The molecule has 3 nitrogen and oxygen atoms in total. The summed E-state index contributed by atoms with van der Waals surface area (Å²) in [6, 6.07) is 3.85. The van der Waals surface area contributed by atoms with E-state index >= 15 is 0 Å². The SMILES string of the molecule is CCC1C2CNCC2CN1c1ccc(F)cn1. The van der Waals surface area contributed by atoms with E-state index in [2.05, 4.69) is 22.1 Å². The Kier molecular flexibility index (Phi) is 2.74. The molecule has 3 rings (SSSR count). The van der Waals surface area contributed by atoms with Crippen molar-refractivity contribution in [3.05, 3.63) is 24.1 Å². The summed E-state index contributed by atoms with van der Waals surface area (Å²) in [5.74, 6) is 2.12. The van der Waals surface area contributed by atoms with Crippen LogP contribution in [0.15, 0.2) is 18.3 Å². The van der Waals surface area contributed by atoms with E-state index in [-0.39, 0.29) is 5.82 Å².